The quantitative estimate of drug-likeness (QED) is 0.411. The molecule has 2 N–H and O–H groups in total. The van der Waals surface area contributed by atoms with E-state index in [9.17, 15) is 9.59 Å². The summed E-state index contributed by atoms with van der Waals surface area (Å²) < 4.78 is 7.46. The Hall–Kier alpha value is -4.18. The van der Waals surface area contributed by atoms with Crippen molar-refractivity contribution in [1.29, 1.82) is 0 Å². The first kappa shape index (κ1) is 21.7. The molecule has 0 aliphatic carbocycles. The fourth-order valence-electron chi connectivity index (χ4n) is 3.47. The molecule has 9 nitrogen and oxygen atoms in total. The Kier molecular flexibility index (Phi) is 5.96. The van der Waals surface area contributed by atoms with Crippen LogP contribution in [0.2, 0.25) is 0 Å². The van der Waals surface area contributed by atoms with Gasteiger partial charge in [0.1, 0.15) is 5.75 Å². The second-order valence-electron chi connectivity index (χ2n) is 7.52. The molecule has 2 amide bonds. The highest BCUT2D eigenvalue weighted by atomic mass is 32.2. The zero-order chi connectivity index (χ0) is 23.5. The van der Waals surface area contributed by atoms with Gasteiger partial charge in [0.25, 0.3) is 5.91 Å². The third-order valence-electron chi connectivity index (χ3n) is 5.09. The lowest BCUT2D eigenvalue weighted by atomic mass is 10.2. The van der Waals surface area contributed by atoms with Crippen LogP contribution in [0.15, 0.2) is 78.2 Å². The average molecular weight is 473 g/mol. The third-order valence-corrected chi connectivity index (χ3v) is 6.02. The van der Waals surface area contributed by atoms with E-state index in [4.69, 9.17) is 4.74 Å². The zero-order valence-electron chi connectivity index (χ0n) is 18.1. The van der Waals surface area contributed by atoms with Crippen molar-refractivity contribution in [3.63, 3.8) is 0 Å². The molecule has 2 aromatic carbocycles. The maximum absolute atomic E-state index is 12.7. The molecule has 0 fully saturated rings. The molecular formula is C24H20N6O3S. The van der Waals surface area contributed by atoms with Gasteiger partial charge in [0.05, 0.1) is 11.4 Å². The number of amides is 2. The number of fused-ring (bicyclic) bond motifs is 1. The molecule has 1 atom stereocenters. The topological polar surface area (TPSA) is 111 Å². The van der Waals surface area contributed by atoms with E-state index >= 15 is 0 Å². The first-order valence-corrected chi connectivity index (χ1v) is 11.5. The molecule has 10 heteroatoms. The number of thioether (sulfide) groups is 1. The Balaban J connectivity index is 1.33. The fraction of sp³-hybridized carbons (Fsp3) is 0.125. The molecular weight excluding hydrogens is 452 g/mol. The molecule has 170 valence electrons. The van der Waals surface area contributed by atoms with Gasteiger partial charge < -0.3 is 15.4 Å². The lowest BCUT2D eigenvalue weighted by Crippen LogP contribution is -2.34. The summed E-state index contributed by atoms with van der Waals surface area (Å²) in [5.74, 6) is 0.887. The Bertz CT molecular complexity index is 1340. The number of anilines is 2. The van der Waals surface area contributed by atoms with Crippen molar-refractivity contribution in [3.05, 3.63) is 73.1 Å². The molecule has 0 saturated heterocycles. The number of hydrogen-bond donors (Lipinski definition) is 2. The number of aromatic nitrogens is 4. The van der Waals surface area contributed by atoms with E-state index in [2.05, 4.69) is 25.8 Å². The molecule has 0 bridgehead atoms. The van der Waals surface area contributed by atoms with Crippen LogP contribution in [-0.2, 0) is 9.59 Å². The summed E-state index contributed by atoms with van der Waals surface area (Å²) in [5.41, 5.74) is 2.79. The number of nitrogens with one attached hydrogen (secondary N) is 2. The number of rotatable bonds is 6. The predicted octanol–water partition coefficient (Wildman–Crippen LogP) is 3.78. The standard InChI is InChI=1S/C24H20N6O3S/c1-15-23(32)27-19-12-17(9-10-20(19)33-15)26-21(31)14-34-24-29-28-22(16-6-5-11-25-13-16)30(24)18-7-3-2-4-8-18/h2-13,15H,14H2,1H3,(H,26,31)(H,27,32). The maximum atomic E-state index is 12.7. The number of benzene rings is 2. The van der Waals surface area contributed by atoms with Gasteiger partial charge in [-0.05, 0) is 49.4 Å². The van der Waals surface area contributed by atoms with Crippen LogP contribution in [0, 0.1) is 0 Å². The summed E-state index contributed by atoms with van der Waals surface area (Å²) in [6.07, 6.45) is 2.87. The van der Waals surface area contributed by atoms with Crippen LogP contribution in [0.1, 0.15) is 6.92 Å². The van der Waals surface area contributed by atoms with Gasteiger partial charge in [-0.3, -0.25) is 19.1 Å². The van der Waals surface area contributed by atoms with Crippen LogP contribution >= 0.6 is 11.8 Å². The van der Waals surface area contributed by atoms with Gasteiger partial charge in [-0.1, -0.05) is 30.0 Å². The van der Waals surface area contributed by atoms with E-state index in [0.717, 1.165) is 11.3 Å². The van der Waals surface area contributed by atoms with Crippen molar-refractivity contribution in [2.45, 2.75) is 18.2 Å². The van der Waals surface area contributed by atoms with Crippen molar-refractivity contribution in [2.75, 3.05) is 16.4 Å². The molecule has 34 heavy (non-hydrogen) atoms. The number of nitrogens with zero attached hydrogens (tertiary/aromatic N) is 4. The van der Waals surface area contributed by atoms with Crippen molar-refractivity contribution < 1.29 is 14.3 Å². The molecule has 0 radical (unpaired) electrons. The number of pyridine rings is 1. The van der Waals surface area contributed by atoms with E-state index in [1.807, 2.05) is 47.0 Å². The molecule has 0 saturated carbocycles. The summed E-state index contributed by atoms with van der Waals surface area (Å²) >= 11 is 1.28. The minimum absolute atomic E-state index is 0.120. The van der Waals surface area contributed by atoms with Gasteiger partial charge in [-0.2, -0.15) is 0 Å². The maximum Gasteiger partial charge on any atom is 0.265 e. The van der Waals surface area contributed by atoms with Crippen molar-refractivity contribution in [3.8, 4) is 22.8 Å². The second kappa shape index (κ2) is 9.36. The number of ether oxygens (including phenoxy) is 1. The van der Waals surface area contributed by atoms with Crippen molar-refractivity contribution in [2.24, 2.45) is 0 Å². The minimum Gasteiger partial charge on any atom is -0.479 e. The lowest BCUT2D eigenvalue weighted by molar-refractivity contribution is -0.122. The summed E-state index contributed by atoms with van der Waals surface area (Å²) in [6, 6.07) is 18.6. The van der Waals surface area contributed by atoms with E-state index in [1.165, 1.54) is 11.8 Å². The number of carbonyl (C=O) groups excluding carboxylic acids is 2. The van der Waals surface area contributed by atoms with Crippen molar-refractivity contribution >= 4 is 35.0 Å². The largest absolute Gasteiger partial charge is 0.479 e. The van der Waals surface area contributed by atoms with Crippen LogP contribution in [0.5, 0.6) is 5.75 Å². The van der Waals surface area contributed by atoms with Crippen LogP contribution in [0.3, 0.4) is 0 Å². The lowest BCUT2D eigenvalue weighted by Gasteiger charge is -2.23. The molecule has 5 rings (SSSR count). The van der Waals surface area contributed by atoms with Crippen LogP contribution < -0.4 is 15.4 Å². The second-order valence-corrected chi connectivity index (χ2v) is 8.46. The Morgan fingerprint density at radius 2 is 2.00 bits per heavy atom. The van der Waals surface area contributed by atoms with Crippen molar-refractivity contribution in [1.82, 2.24) is 19.7 Å². The predicted molar refractivity (Wildman–Crippen MR) is 129 cm³/mol. The highest BCUT2D eigenvalue weighted by molar-refractivity contribution is 7.99. The summed E-state index contributed by atoms with van der Waals surface area (Å²) in [5, 5.41) is 14.9. The van der Waals surface area contributed by atoms with E-state index in [1.54, 1.807) is 37.5 Å². The van der Waals surface area contributed by atoms with E-state index in [0.29, 0.717) is 28.1 Å². The Morgan fingerprint density at radius 1 is 1.15 bits per heavy atom. The van der Waals surface area contributed by atoms with Crippen LogP contribution in [0.25, 0.3) is 17.1 Å². The van der Waals surface area contributed by atoms with Crippen LogP contribution in [0.4, 0.5) is 11.4 Å². The monoisotopic (exact) mass is 472 g/mol. The number of carbonyl (C=O) groups is 2. The summed E-state index contributed by atoms with van der Waals surface area (Å²) in [6.45, 7) is 1.68. The molecule has 3 heterocycles. The van der Waals surface area contributed by atoms with Gasteiger partial charge >= 0.3 is 0 Å². The average Bonchev–Trinajstić information content (AvgIpc) is 3.29. The van der Waals surface area contributed by atoms with Gasteiger partial charge in [0.15, 0.2) is 17.1 Å². The van der Waals surface area contributed by atoms with Gasteiger partial charge in [0, 0.05) is 29.3 Å². The number of hydrogen-bond acceptors (Lipinski definition) is 7. The molecule has 0 spiro atoms. The van der Waals surface area contributed by atoms with Gasteiger partial charge in [-0.25, -0.2) is 0 Å². The van der Waals surface area contributed by atoms with E-state index < -0.39 is 6.10 Å². The van der Waals surface area contributed by atoms with Crippen LogP contribution in [-0.4, -0.2) is 43.4 Å². The molecule has 1 unspecified atom stereocenters. The Morgan fingerprint density at radius 3 is 2.79 bits per heavy atom. The van der Waals surface area contributed by atoms with Gasteiger partial charge in [-0.15, -0.1) is 10.2 Å². The summed E-state index contributed by atoms with van der Waals surface area (Å²) in [4.78, 5) is 28.7. The first-order valence-electron chi connectivity index (χ1n) is 10.5. The minimum atomic E-state index is -0.553. The van der Waals surface area contributed by atoms with Gasteiger partial charge in [0.2, 0.25) is 5.91 Å². The molecule has 1 aliphatic rings. The third kappa shape index (κ3) is 4.48. The highest BCUT2D eigenvalue weighted by Crippen LogP contribution is 2.32. The normalized spacial score (nSPS) is 14.6. The Labute approximate surface area is 199 Å². The molecule has 2 aromatic heterocycles. The highest BCUT2D eigenvalue weighted by Gasteiger charge is 2.24. The molecule has 1 aliphatic heterocycles. The number of para-hydroxylation sites is 1. The first-order chi connectivity index (χ1) is 16.6. The van der Waals surface area contributed by atoms with E-state index in [-0.39, 0.29) is 17.6 Å². The molecule has 4 aromatic rings. The smallest absolute Gasteiger partial charge is 0.265 e. The fourth-order valence-corrected chi connectivity index (χ4v) is 4.22. The zero-order valence-corrected chi connectivity index (χ0v) is 19.0. The summed E-state index contributed by atoms with van der Waals surface area (Å²) in [7, 11) is 0. The SMILES string of the molecule is CC1Oc2ccc(NC(=O)CSc3nnc(-c4cccnc4)n3-c3ccccc3)cc2NC1=O.